The summed E-state index contributed by atoms with van der Waals surface area (Å²) >= 11 is 0. The van der Waals surface area contributed by atoms with Gasteiger partial charge in [0.05, 0.1) is 5.69 Å². The lowest BCUT2D eigenvalue weighted by atomic mass is 10.0. The molecule has 1 N–H and O–H groups in total. The monoisotopic (exact) mass is 336 g/mol. The summed E-state index contributed by atoms with van der Waals surface area (Å²) in [6.07, 6.45) is 2.27. The molecule has 3 rings (SSSR count). The van der Waals surface area contributed by atoms with E-state index < -0.39 is 17.5 Å². The van der Waals surface area contributed by atoms with E-state index in [1.54, 1.807) is 13.0 Å². The summed E-state index contributed by atoms with van der Waals surface area (Å²) in [5, 5.41) is 2.71. The van der Waals surface area contributed by atoms with E-state index in [-0.39, 0.29) is 5.69 Å². The molecule has 0 radical (unpaired) electrons. The molecule has 1 aromatic heterocycles. The second-order valence-electron chi connectivity index (χ2n) is 6.20. The van der Waals surface area contributed by atoms with Crippen LogP contribution in [0.25, 0.3) is 0 Å². The van der Waals surface area contributed by atoms with Crippen LogP contribution in [-0.4, -0.2) is 23.1 Å². The number of nitrogens with zero attached hydrogens (tertiary/aromatic N) is 3. The summed E-state index contributed by atoms with van der Waals surface area (Å²) in [5.74, 6) is -1.79. The van der Waals surface area contributed by atoms with Crippen molar-refractivity contribution < 1.29 is 13.2 Å². The van der Waals surface area contributed by atoms with Gasteiger partial charge in [-0.25, -0.2) is 23.1 Å². The summed E-state index contributed by atoms with van der Waals surface area (Å²) in [4.78, 5) is 10.8. The van der Waals surface area contributed by atoms with E-state index in [9.17, 15) is 13.2 Å². The molecule has 1 fully saturated rings. The highest BCUT2D eigenvalue weighted by Crippen LogP contribution is 2.26. The summed E-state index contributed by atoms with van der Waals surface area (Å²) < 4.78 is 40.2. The smallest absolute Gasteiger partial charge is 0.196 e. The first-order valence-corrected chi connectivity index (χ1v) is 7.95. The quantitative estimate of drug-likeness (QED) is 0.854. The van der Waals surface area contributed by atoms with E-state index >= 15 is 0 Å². The second kappa shape index (κ2) is 6.67. The number of piperidine rings is 1. The highest BCUT2D eigenvalue weighted by molar-refractivity contribution is 5.60. The largest absolute Gasteiger partial charge is 0.356 e. The normalized spacial score (nSPS) is 17.9. The van der Waals surface area contributed by atoms with Crippen molar-refractivity contribution in [2.45, 2.75) is 26.7 Å². The molecule has 2 heterocycles. The lowest BCUT2D eigenvalue weighted by Gasteiger charge is -2.32. The lowest BCUT2D eigenvalue weighted by molar-refractivity contribution is 0.444. The Hall–Kier alpha value is -2.31. The molecule has 1 aliphatic heterocycles. The number of anilines is 3. The number of nitrogens with one attached hydrogen (secondary N) is 1. The maximum Gasteiger partial charge on any atom is 0.196 e. The number of rotatable bonds is 3. The van der Waals surface area contributed by atoms with Crippen molar-refractivity contribution in [3.63, 3.8) is 0 Å². The molecule has 7 heteroatoms. The molecule has 1 aromatic carbocycles. The molecular formula is C17H19F3N4. The van der Waals surface area contributed by atoms with Crippen LogP contribution in [0.2, 0.25) is 0 Å². The van der Waals surface area contributed by atoms with Gasteiger partial charge in [0.25, 0.3) is 0 Å². The van der Waals surface area contributed by atoms with Crippen LogP contribution in [0.3, 0.4) is 0 Å². The van der Waals surface area contributed by atoms with Crippen molar-refractivity contribution in [1.29, 1.82) is 0 Å². The van der Waals surface area contributed by atoms with Crippen LogP contribution < -0.4 is 10.2 Å². The Bertz CT molecular complexity index is 751. The van der Waals surface area contributed by atoms with Crippen LogP contribution in [0.4, 0.5) is 30.5 Å². The van der Waals surface area contributed by atoms with Crippen LogP contribution in [0.5, 0.6) is 0 Å². The van der Waals surface area contributed by atoms with Gasteiger partial charge in [0.15, 0.2) is 17.5 Å². The van der Waals surface area contributed by atoms with Crippen molar-refractivity contribution >= 4 is 17.3 Å². The summed E-state index contributed by atoms with van der Waals surface area (Å²) in [6.45, 7) is 5.73. The zero-order valence-corrected chi connectivity index (χ0v) is 13.6. The molecule has 0 amide bonds. The Labute approximate surface area is 138 Å². The molecule has 0 bridgehead atoms. The number of benzene rings is 1. The lowest BCUT2D eigenvalue weighted by Crippen LogP contribution is -2.35. The van der Waals surface area contributed by atoms with Gasteiger partial charge in [-0.2, -0.15) is 0 Å². The molecule has 0 saturated carbocycles. The van der Waals surface area contributed by atoms with Crippen molar-refractivity contribution in [3.05, 3.63) is 41.5 Å². The van der Waals surface area contributed by atoms with Gasteiger partial charge in [0.1, 0.15) is 17.5 Å². The Morgan fingerprint density at radius 2 is 1.96 bits per heavy atom. The van der Waals surface area contributed by atoms with Gasteiger partial charge in [-0.1, -0.05) is 6.92 Å². The van der Waals surface area contributed by atoms with Gasteiger partial charge in [-0.15, -0.1) is 0 Å². The average molecular weight is 336 g/mol. The minimum absolute atomic E-state index is 0.162. The van der Waals surface area contributed by atoms with Crippen LogP contribution in [0.15, 0.2) is 18.2 Å². The number of halogens is 3. The van der Waals surface area contributed by atoms with Crippen molar-refractivity contribution in [3.8, 4) is 0 Å². The average Bonchev–Trinajstić information content (AvgIpc) is 2.55. The van der Waals surface area contributed by atoms with Gasteiger partial charge >= 0.3 is 0 Å². The van der Waals surface area contributed by atoms with Crippen LogP contribution in [0, 0.1) is 30.3 Å². The SMILES string of the molecule is Cc1nc(Nc2ccc(F)c(F)c2F)cc(N2CCCC(C)C2)n1. The first-order valence-electron chi connectivity index (χ1n) is 7.95. The Kier molecular flexibility index (Phi) is 4.59. The summed E-state index contributed by atoms with van der Waals surface area (Å²) in [6, 6.07) is 3.72. The first-order chi connectivity index (χ1) is 11.4. The predicted octanol–water partition coefficient (Wildman–Crippen LogP) is 4.18. The van der Waals surface area contributed by atoms with Gasteiger partial charge in [-0.05, 0) is 37.8 Å². The van der Waals surface area contributed by atoms with Crippen LogP contribution in [-0.2, 0) is 0 Å². The third-order valence-electron chi connectivity index (χ3n) is 4.10. The Morgan fingerprint density at radius 3 is 2.71 bits per heavy atom. The predicted molar refractivity (Wildman–Crippen MR) is 87.0 cm³/mol. The molecule has 128 valence electrons. The van der Waals surface area contributed by atoms with Gasteiger partial charge in [0, 0.05) is 19.2 Å². The van der Waals surface area contributed by atoms with Gasteiger partial charge < -0.3 is 10.2 Å². The third-order valence-corrected chi connectivity index (χ3v) is 4.10. The number of hydrogen-bond donors (Lipinski definition) is 1. The fourth-order valence-corrected chi connectivity index (χ4v) is 2.94. The first kappa shape index (κ1) is 16.5. The molecule has 1 atom stereocenters. The standard InChI is InChI=1S/C17H19F3N4/c1-10-4-3-7-24(9-10)15-8-14(21-11(2)22-15)23-13-6-5-12(18)16(19)17(13)20/h5-6,8,10H,3-4,7,9H2,1-2H3,(H,21,22,23). The molecule has 1 saturated heterocycles. The summed E-state index contributed by atoms with van der Waals surface area (Å²) in [7, 11) is 0. The number of hydrogen-bond acceptors (Lipinski definition) is 4. The highest BCUT2D eigenvalue weighted by atomic mass is 19.2. The topological polar surface area (TPSA) is 41.1 Å². The van der Waals surface area contributed by atoms with Crippen LogP contribution >= 0.6 is 0 Å². The third kappa shape index (κ3) is 3.44. The van der Waals surface area contributed by atoms with Crippen LogP contribution in [0.1, 0.15) is 25.6 Å². The Morgan fingerprint density at radius 1 is 1.17 bits per heavy atom. The van der Waals surface area contributed by atoms with Gasteiger partial charge in [0.2, 0.25) is 0 Å². The molecule has 0 aliphatic carbocycles. The second-order valence-corrected chi connectivity index (χ2v) is 6.20. The van der Waals surface area contributed by atoms with Crippen molar-refractivity contribution in [2.75, 3.05) is 23.3 Å². The highest BCUT2D eigenvalue weighted by Gasteiger charge is 2.19. The maximum atomic E-state index is 13.8. The van der Waals surface area contributed by atoms with E-state index in [1.165, 1.54) is 6.42 Å². The zero-order chi connectivity index (χ0) is 17.3. The van der Waals surface area contributed by atoms with E-state index in [4.69, 9.17) is 0 Å². The van der Waals surface area contributed by atoms with Crippen molar-refractivity contribution in [2.24, 2.45) is 5.92 Å². The minimum Gasteiger partial charge on any atom is -0.356 e. The zero-order valence-electron chi connectivity index (χ0n) is 13.6. The molecule has 1 unspecified atom stereocenters. The number of aryl methyl sites for hydroxylation is 1. The molecular weight excluding hydrogens is 317 g/mol. The van der Waals surface area contributed by atoms with Gasteiger partial charge in [-0.3, -0.25) is 0 Å². The molecule has 2 aromatic rings. The molecule has 0 spiro atoms. The maximum absolute atomic E-state index is 13.8. The van der Waals surface area contributed by atoms with E-state index in [1.807, 2.05) is 0 Å². The van der Waals surface area contributed by atoms with E-state index in [0.717, 1.165) is 37.5 Å². The fourth-order valence-electron chi connectivity index (χ4n) is 2.94. The molecule has 24 heavy (non-hydrogen) atoms. The number of aromatic nitrogens is 2. The Balaban J connectivity index is 1.88. The van der Waals surface area contributed by atoms with Crippen molar-refractivity contribution in [1.82, 2.24) is 9.97 Å². The van der Waals surface area contributed by atoms with E-state index in [0.29, 0.717) is 17.6 Å². The molecule has 4 nitrogen and oxygen atoms in total. The summed E-state index contributed by atoms with van der Waals surface area (Å²) in [5.41, 5.74) is -0.162. The molecule has 1 aliphatic rings. The van der Waals surface area contributed by atoms with E-state index in [2.05, 4.69) is 27.1 Å². The minimum atomic E-state index is -1.50. The fraction of sp³-hybridized carbons (Fsp3) is 0.412.